The summed E-state index contributed by atoms with van der Waals surface area (Å²) < 4.78 is 4.93. The molecule has 7 nitrogen and oxygen atoms in total. The molecule has 122 valence electrons. The van der Waals surface area contributed by atoms with Crippen molar-refractivity contribution in [1.29, 1.82) is 0 Å². The van der Waals surface area contributed by atoms with Crippen molar-refractivity contribution >= 4 is 23.5 Å². The third-order valence-electron chi connectivity index (χ3n) is 4.06. The minimum atomic E-state index is -0.785. The number of nitrogens with one attached hydrogen (secondary N) is 1. The van der Waals surface area contributed by atoms with Gasteiger partial charge in [0.15, 0.2) is 5.15 Å². The average Bonchev–Trinajstić information content (AvgIpc) is 3.02. The summed E-state index contributed by atoms with van der Waals surface area (Å²) in [4.78, 5) is 24.6. The van der Waals surface area contributed by atoms with Gasteiger partial charge in [-0.05, 0) is 19.9 Å². The van der Waals surface area contributed by atoms with Crippen molar-refractivity contribution in [2.24, 2.45) is 0 Å². The highest BCUT2D eigenvalue weighted by molar-refractivity contribution is 6.29. The highest BCUT2D eigenvalue weighted by atomic mass is 35.5. The number of hydrogen-bond acceptors (Lipinski definition) is 5. The number of aryl methyl sites for hydroxylation is 1. The second kappa shape index (κ2) is 7.60. The second-order valence-electron chi connectivity index (χ2n) is 5.57. The van der Waals surface area contributed by atoms with Gasteiger partial charge in [-0.25, -0.2) is 0 Å². The molecule has 2 rings (SSSR count). The first kappa shape index (κ1) is 16.8. The van der Waals surface area contributed by atoms with Crippen LogP contribution in [0.2, 0.25) is 5.15 Å². The molecule has 0 aliphatic carbocycles. The lowest BCUT2D eigenvalue weighted by Gasteiger charge is -2.25. The first-order valence-corrected chi connectivity index (χ1v) is 7.65. The van der Waals surface area contributed by atoms with Crippen LogP contribution < -0.4 is 5.32 Å². The summed E-state index contributed by atoms with van der Waals surface area (Å²) in [6, 6.07) is 1.83. The van der Waals surface area contributed by atoms with Crippen LogP contribution in [0.4, 0.5) is 0 Å². The van der Waals surface area contributed by atoms with Crippen molar-refractivity contribution in [3.8, 4) is 0 Å². The fourth-order valence-corrected chi connectivity index (χ4v) is 2.90. The molecule has 1 aromatic rings. The van der Waals surface area contributed by atoms with Gasteiger partial charge in [-0.3, -0.25) is 14.5 Å². The number of hydrogen-bond donors (Lipinski definition) is 2. The van der Waals surface area contributed by atoms with Gasteiger partial charge in [0.1, 0.15) is 5.76 Å². The number of likely N-dealkylation sites (N-methyl/N-ethyl adjacent to an activating group) is 1. The van der Waals surface area contributed by atoms with Gasteiger partial charge in [-0.1, -0.05) is 16.8 Å². The van der Waals surface area contributed by atoms with Crippen molar-refractivity contribution in [2.75, 3.05) is 13.6 Å². The third-order valence-corrected chi connectivity index (χ3v) is 4.24. The largest absolute Gasteiger partial charge is 0.481 e. The summed E-state index contributed by atoms with van der Waals surface area (Å²) in [6.07, 6.45) is 2.65. The van der Waals surface area contributed by atoms with Crippen LogP contribution in [0.3, 0.4) is 0 Å². The normalized spacial score (nSPS) is 21.9. The maximum Gasteiger partial charge on any atom is 0.304 e. The molecule has 0 unspecified atom stereocenters. The molecule has 1 aromatic heterocycles. The zero-order valence-electron chi connectivity index (χ0n) is 12.4. The number of nitrogens with zero attached hydrogens (tertiary/aromatic N) is 2. The number of carboxylic acids is 1. The van der Waals surface area contributed by atoms with E-state index < -0.39 is 5.97 Å². The van der Waals surface area contributed by atoms with Crippen LogP contribution in [0, 0.1) is 0 Å². The number of carboxylic acid groups (broad SMARTS) is 1. The van der Waals surface area contributed by atoms with Crippen LogP contribution in [0.1, 0.15) is 31.4 Å². The van der Waals surface area contributed by atoms with E-state index in [0.717, 1.165) is 12.8 Å². The lowest BCUT2D eigenvalue weighted by atomic mass is 10.1. The Morgan fingerprint density at radius 2 is 2.23 bits per heavy atom. The molecule has 22 heavy (non-hydrogen) atoms. The standard InChI is InChI=1S/C14H20ClN3O4/c1-18-9(6-14(20)21)2-3-10(18)8-16-13(19)5-4-11-7-12(15)17-22-11/h7,9-10H,2-6,8H2,1H3,(H,16,19)(H,20,21)/t9-,10+/m1/s1. The van der Waals surface area contributed by atoms with E-state index >= 15 is 0 Å². The molecular formula is C14H20ClN3O4. The zero-order chi connectivity index (χ0) is 16.1. The van der Waals surface area contributed by atoms with E-state index in [2.05, 4.69) is 10.5 Å². The van der Waals surface area contributed by atoms with Gasteiger partial charge in [0.25, 0.3) is 0 Å². The maximum atomic E-state index is 11.8. The molecule has 2 atom stereocenters. The SMILES string of the molecule is CN1[C@@H](CC(=O)O)CC[C@H]1CNC(=O)CCc1cc(Cl)no1. The predicted molar refractivity (Wildman–Crippen MR) is 79.7 cm³/mol. The van der Waals surface area contributed by atoms with Crippen LogP contribution in [0.5, 0.6) is 0 Å². The van der Waals surface area contributed by atoms with E-state index in [1.54, 1.807) is 6.07 Å². The molecule has 1 aliphatic rings. The van der Waals surface area contributed by atoms with Crippen molar-refractivity contribution in [3.63, 3.8) is 0 Å². The Kier molecular flexibility index (Phi) is 5.79. The summed E-state index contributed by atoms with van der Waals surface area (Å²) in [5.41, 5.74) is 0. The summed E-state index contributed by atoms with van der Waals surface area (Å²) in [5, 5.41) is 15.6. The molecule has 0 saturated carbocycles. The number of aromatic nitrogens is 1. The number of likely N-dealkylation sites (tertiary alicyclic amines) is 1. The number of carbonyl (C=O) groups excluding carboxylic acids is 1. The van der Waals surface area contributed by atoms with E-state index in [1.807, 2.05) is 11.9 Å². The fourth-order valence-electron chi connectivity index (χ4n) is 2.75. The van der Waals surface area contributed by atoms with Crippen molar-refractivity contribution in [1.82, 2.24) is 15.4 Å². The van der Waals surface area contributed by atoms with Gasteiger partial charge in [0, 0.05) is 37.5 Å². The van der Waals surface area contributed by atoms with Crippen molar-refractivity contribution < 1.29 is 19.2 Å². The van der Waals surface area contributed by atoms with Gasteiger partial charge in [0.2, 0.25) is 5.91 Å². The lowest BCUT2D eigenvalue weighted by molar-refractivity contribution is -0.138. The third kappa shape index (κ3) is 4.71. The monoisotopic (exact) mass is 329 g/mol. The first-order chi connectivity index (χ1) is 10.5. The Morgan fingerprint density at radius 1 is 1.50 bits per heavy atom. The van der Waals surface area contributed by atoms with E-state index in [4.69, 9.17) is 21.2 Å². The Balaban J connectivity index is 1.69. The van der Waals surface area contributed by atoms with Gasteiger partial charge < -0.3 is 14.9 Å². The molecule has 1 aliphatic heterocycles. The molecule has 0 bridgehead atoms. The van der Waals surface area contributed by atoms with Gasteiger partial charge in [0.05, 0.1) is 6.42 Å². The average molecular weight is 330 g/mol. The summed E-state index contributed by atoms with van der Waals surface area (Å²) >= 11 is 5.64. The smallest absolute Gasteiger partial charge is 0.304 e. The Labute approximate surface area is 133 Å². The molecular weight excluding hydrogens is 310 g/mol. The van der Waals surface area contributed by atoms with E-state index in [-0.39, 0.29) is 29.6 Å². The molecule has 1 saturated heterocycles. The van der Waals surface area contributed by atoms with Crippen LogP contribution in [0.25, 0.3) is 0 Å². The Bertz CT molecular complexity index is 534. The molecule has 0 spiro atoms. The second-order valence-corrected chi connectivity index (χ2v) is 5.96. The van der Waals surface area contributed by atoms with Crippen LogP contribution in [-0.2, 0) is 16.0 Å². The fraction of sp³-hybridized carbons (Fsp3) is 0.643. The van der Waals surface area contributed by atoms with Crippen LogP contribution >= 0.6 is 11.6 Å². The van der Waals surface area contributed by atoms with E-state index in [9.17, 15) is 9.59 Å². The molecule has 1 amide bonds. The topological polar surface area (TPSA) is 95.7 Å². The number of halogens is 1. The van der Waals surface area contributed by atoms with E-state index in [0.29, 0.717) is 25.1 Å². The van der Waals surface area contributed by atoms with Gasteiger partial charge in [-0.15, -0.1) is 0 Å². The first-order valence-electron chi connectivity index (χ1n) is 7.27. The van der Waals surface area contributed by atoms with Gasteiger partial charge >= 0.3 is 5.97 Å². The minimum absolute atomic E-state index is 0.0516. The number of carbonyl (C=O) groups is 2. The molecule has 0 radical (unpaired) electrons. The molecule has 1 fully saturated rings. The van der Waals surface area contributed by atoms with Crippen LogP contribution in [-0.4, -0.2) is 52.7 Å². The van der Waals surface area contributed by atoms with Crippen LogP contribution in [0.15, 0.2) is 10.6 Å². The number of amides is 1. The van der Waals surface area contributed by atoms with Crippen molar-refractivity contribution in [2.45, 2.75) is 44.2 Å². The summed E-state index contributed by atoms with van der Waals surface area (Å²) in [6.45, 7) is 0.530. The van der Waals surface area contributed by atoms with Gasteiger partial charge in [-0.2, -0.15) is 0 Å². The minimum Gasteiger partial charge on any atom is -0.481 e. The molecule has 8 heteroatoms. The quantitative estimate of drug-likeness (QED) is 0.783. The highest BCUT2D eigenvalue weighted by Gasteiger charge is 2.31. The van der Waals surface area contributed by atoms with E-state index in [1.165, 1.54) is 0 Å². The van der Waals surface area contributed by atoms with Crippen molar-refractivity contribution in [3.05, 3.63) is 17.0 Å². The lowest BCUT2D eigenvalue weighted by Crippen LogP contribution is -2.41. The predicted octanol–water partition coefficient (Wildman–Crippen LogP) is 1.31. The molecule has 0 aromatic carbocycles. The summed E-state index contributed by atoms with van der Waals surface area (Å²) in [5.74, 6) is -0.269. The Hall–Kier alpha value is -1.60. The zero-order valence-corrected chi connectivity index (χ0v) is 13.2. The number of aliphatic carboxylic acids is 1. The number of rotatable bonds is 7. The molecule has 2 N–H and O–H groups in total. The maximum absolute atomic E-state index is 11.8. The molecule has 2 heterocycles. The Morgan fingerprint density at radius 3 is 2.86 bits per heavy atom. The summed E-state index contributed by atoms with van der Waals surface area (Å²) in [7, 11) is 1.91. The highest BCUT2D eigenvalue weighted by Crippen LogP contribution is 2.24.